The van der Waals surface area contributed by atoms with Crippen molar-refractivity contribution in [3.8, 4) is 0 Å². The molecule has 2 rings (SSSR count). The van der Waals surface area contributed by atoms with E-state index in [9.17, 15) is 18.8 Å². The van der Waals surface area contributed by atoms with E-state index < -0.39 is 29.6 Å². The minimum atomic E-state index is -0.882. The first-order valence-electron chi connectivity index (χ1n) is 8.20. The number of rotatable bonds is 5. The highest BCUT2D eigenvalue weighted by molar-refractivity contribution is 9.10. The molecule has 6 nitrogen and oxygen atoms in total. The van der Waals surface area contributed by atoms with Crippen LogP contribution in [-0.4, -0.2) is 23.8 Å². The molecule has 0 saturated carbocycles. The van der Waals surface area contributed by atoms with Crippen molar-refractivity contribution in [2.75, 3.05) is 0 Å². The van der Waals surface area contributed by atoms with E-state index in [1.807, 2.05) is 0 Å². The fourth-order valence-electron chi connectivity index (χ4n) is 2.23. The van der Waals surface area contributed by atoms with Gasteiger partial charge in [0, 0.05) is 15.6 Å². The molecule has 0 spiro atoms. The van der Waals surface area contributed by atoms with Crippen molar-refractivity contribution in [3.05, 3.63) is 69.9 Å². The molecule has 142 valence electrons. The number of amides is 3. The Kier molecular flexibility index (Phi) is 7.06. The van der Waals surface area contributed by atoms with Gasteiger partial charge in [-0.05, 0) is 54.4 Å². The van der Waals surface area contributed by atoms with Crippen molar-refractivity contribution in [1.29, 1.82) is 0 Å². The highest BCUT2D eigenvalue weighted by atomic mass is 79.9. The molecule has 3 N–H and O–H groups in total. The van der Waals surface area contributed by atoms with Gasteiger partial charge in [0.15, 0.2) is 0 Å². The highest BCUT2D eigenvalue weighted by Gasteiger charge is 2.25. The Bertz CT molecular complexity index is 823. The third-order valence-corrected chi connectivity index (χ3v) is 4.28. The van der Waals surface area contributed by atoms with Crippen LogP contribution in [0, 0.1) is 11.7 Å². The minimum absolute atomic E-state index is 0.230. The predicted octanol–water partition coefficient (Wildman–Crippen LogP) is 2.80. The molecule has 0 aliphatic carbocycles. The molecule has 3 amide bonds. The van der Waals surface area contributed by atoms with E-state index in [0.29, 0.717) is 5.56 Å². The molecule has 0 radical (unpaired) electrons. The smallest absolute Gasteiger partial charge is 0.269 e. The summed E-state index contributed by atoms with van der Waals surface area (Å²) in [5, 5.41) is 2.59. The summed E-state index contributed by atoms with van der Waals surface area (Å²) in [6.07, 6.45) is 0. The van der Waals surface area contributed by atoms with Gasteiger partial charge in [0.05, 0.1) is 0 Å². The van der Waals surface area contributed by atoms with Gasteiger partial charge in [-0.3, -0.25) is 25.2 Å². The van der Waals surface area contributed by atoms with Crippen LogP contribution >= 0.6 is 15.9 Å². The van der Waals surface area contributed by atoms with Crippen molar-refractivity contribution in [2.24, 2.45) is 5.92 Å². The molecule has 0 aliphatic heterocycles. The normalized spacial score (nSPS) is 11.6. The lowest BCUT2D eigenvalue weighted by Gasteiger charge is -2.22. The first-order valence-corrected chi connectivity index (χ1v) is 8.99. The average Bonchev–Trinajstić information content (AvgIpc) is 2.64. The summed E-state index contributed by atoms with van der Waals surface area (Å²) in [6.45, 7) is 3.51. The maximum atomic E-state index is 13.0. The minimum Gasteiger partial charge on any atom is -0.340 e. The second-order valence-corrected chi connectivity index (χ2v) is 7.07. The molecule has 2 aromatic rings. The Morgan fingerprint density at radius 1 is 0.852 bits per heavy atom. The van der Waals surface area contributed by atoms with Gasteiger partial charge in [0.1, 0.15) is 11.9 Å². The molecule has 0 fully saturated rings. The second kappa shape index (κ2) is 9.27. The van der Waals surface area contributed by atoms with Crippen LogP contribution in [0.15, 0.2) is 53.0 Å². The van der Waals surface area contributed by atoms with E-state index in [1.54, 1.807) is 38.1 Å². The van der Waals surface area contributed by atoms with Gasteiger partial charge in [0.2, 0.25) is 0 Å². The second-order valence-electron chi connectivity index (χ2n) is 6.15. The average molecular weight is 436 g/mol. The molecule has 0 heterocycles. The Morgan fingerprint density at radius 2 is 1.37 bits per heavy atom. The fraction of sp³-hybridized carbons (Fsp3) is 0.211. The van der Waals surface area contributed by atoms with E-state index in [-0.39, 0.29) is 11.5 Å². The van der Waals surface area contributed by atoms with Crippen LogP contribution in [0.2, 0.25) is 0 Å². The van der Waals surface area contributed by atoms with Crippen LogP contribution in [0.5, 0.6) is 0 Å². The van der Waals surface area contributed by atoms with Crippen LogP contribution in [0.1, 0.15) is 34.6 Å². The summed E-state index contributed by atoms with van der Waals surface area (Å²) < 4.78 is 13.8. The number of carbonyl (C=O) groups excluding carboxylic acids is 3. The zero-order chi connectivity index (χ0) is 20.0. The number of hydrogen-bond donors (Lipinski definition) is 3. The van der Waals surface area contributed by atoms with Crippen molar-refractivity contribution in [2.45, 2.75) is 19.9 Å². The number of benzene rings is 2. The van der Waals surface area contributed by atoms with E-state index in [2.05, 4.69) is 32.1 Å². The number of carbonyl (C=O) groups is 3. The van der Waals surface area contributed by atoms with Crippen molar-refractivity contribution in [3.63, 3.8) is 0 Å². The predicted molar refractivity (Wildman–Crippen MR) is 102 cm³/mol. The summed E-state index contributed by atoms with van der Waals surface area (Å²) in [6, 6.07) is 10.7. The zero-order valence-electron chi connectivity index (χ0n) is 14.8. The first kappa shape index (κ1) is 20.6. The largest absolute Gasteiger partial charge is 0.340 e. The molecule has 0 saturated heterocycles. The van der Waals surface area contributed by atoms with Crippen LogP contribution < -0.4 is 16.2 Å². The number of hydrogen-bond acceptors (Lipinski definition) is 3. The third kappa shape index (κ3) is 5.89. The van der Waals surface area contributed by atoms with Gasteiger partial charge in [-0.25, -0.2) is 4.39 Å². The standard InChI is InChI=1S/C19H19BrFN3O3/c1-11(2)16(22-17(25)12-5-9-15(21)10-6-12)19(27)24-23-18(26)13-3-7-14(20)8-4-13/h3-11,16H,1-2H3,(H,22,25)(H,23,26)(H,24,27). The molecule has 0 bridgehead atoms. The number of halogens is 2. The van der Waals surface area contributed by atoms with Gasteiger partial charge in [-0.15, -0.1) is 0 Å². The van der Waals surface area contributed by atoms with Crippen LogP contribution in [0.4, 0.5) is 4.39 Å². The van der Waals surface area contributed by atoms with Gasteiger partial charge in [-0.2, -0.15) is 0 Å². The van der Waals surface area contributed by atoms with E-state index >= 15 is 0 Å². The molecular formula is C19H19BrFN3O3. The lowest BCUT2D eigenvalue weighted by molar-refractivity contribution is -0.124. The van der Waals surface area contributed by atoms with Crippen molar-refractivity contribution in [1.82, 2.24) is 16.2 Å². The van der Waals surface area contributed by atoms with E-state index in [4.69, 9.17) is 0 Å². The summed E-state index contributed by atoms with van der Waals surface area (Å²) in [4.78, 5) is 36.7. The summed E-state index contributed by atoms with van der Waals surface area (Å²) >= 11 is 3.28. The number of nitrogens with one attached hydrogen (secondary N) is 3. The molecular weight excluding hydrogens is 417 g/mol. The SMILES string of the molecule is CC(C)C(NC(=O)c1ccc(F)cc1)C(=O)NNC(=O)c1ccc(Br)cc1. The molecule has 0 aliphatic rings. The number of hydrazine groups is 1. The Morgan fingerprint density at radius 3 is 1.93 bits per heavy atom. The van der Waals surface area contributed by atoms with Crippen LogP contribution in [0.25, 0.3) is 0 Å². The molecule has 2 aromatic carbocycles. The van der Waals surface area contributed by atoms with E-state index in [0.717, 1.165) is 16.6 Å². The highest BCUT2D eigenvalue weighted by Crippen LogP contribution is 2.10. The molecule has 27 heavy (non-hydrogen) atoms. The molecule has 8 heteroatoms. The summed E-state index contributed by atoms with van der Waals surface area (Å²) in [7, 11) is 0. The van der Waals surface area contributed by atoms with Crippen molar-refractivity contribution < 1.29 is 18.8 Å². The van der Waals surface area contributed by atoms with Crippen molar-refractivity contribution >= 4 is 33.7 Å². The summed E-state index contributed by atoms with van der Waals surface area (Å²) in [5.74, 6) is -2.25. The molecule has 0 aromatic heterocycles. The van der Waals surface area contributed by atoms with Crippen LogP contribution in [-0.2, 0) is 4.79 Å². The maximum absolute atomic E-state index is 13.0. The fourth-order valence-corrected chi connectivity index (χ4v) is 2.49. The third-order valence-electron chi connectivity index (χ3n) is 3.75. The van der Waals surface area contributed by atoms with Gasteiger partial charge >= 0.3 is 0 Å². The zero-order valence-corrected chi connectivity index (χ0v) is 16.3. The van der Waals surface area contributed by atoms with Gasteiger partial charge < -0.3 is 5.32 Å². The molecule has 1 unspecified atom stereocenters. The van der Waals surface area contributed by atoms with Crippen LogP contribution in [0.3, 0.4) is 0 Å². The maximum Gasteiger partial charge on any atom is 0.269 e. The molecule has 1 atom stereocenters. The first-order chi connectivity index (χ1) is 12.8. The van der Waals surface area contributed by atoms with E-state index in [1.165, 1.54) is 12.1 Å². The lowest BCUT2D eigenvalue weighted by atomic mass is 10.0. The Hall–Kier alpha value is -2.74. The Labute approximate surface area is 164 Å². The van der Waals surface area contributed by atoms with Gasteiger partial charge in [0.25, 0.3) is 17.7 Å². The monoisotopic (exact) mass is 435 g/mol. The lowest BCUT2D eigenvalue weighted by Crippen LogP contribution is -2.54. The topological polar surface area (TPSA) is 87.3 Å². The Balaban J connectivity index is 1.97. The van der Waals surface area contributed by atoms with Gasteiger partial charge in [-0.1, -0.05) is 29.8 Å². The quantitative estimate of drug-likeness (QED) is 0.630. The summed E-state index contributed by atoms with van der Waals surface area (Å²) in [5.41, 5.74) is 5.24.